The molecule has 0 fully saturated rings. The molecule has 0 atom stereocenters. The van der Waals surface area contributed by atoms with E-state index in [0.717, 1.165) is 6.42 Å². The summed E-state index contributed by atoms with van der Waals surface area (Å²) >= 11 is 0. The Morgan fingerprint density at radius 1 is 0.789 bits per heavy atom. The zero-order chi connectivity index (χ0) is 12.1. The van der Waals surface area contributed by atoms with Gasteiger partial charge in [-0.25, -0.2) is 0 Å². The van der Waals surface area contributed by atoms with Crippen LogP contribution in [0.5, 0.6) is 0 Å². The first-order valence-corrected chi connectivity index (χ1v) is 6.03. The lowest BCUT2D eigenvalue weighted by Crippen LogP contribution is -3.00. The molecule has 0 aliphatic rings. The van der Waals surface area contributed by atoms with E-state index >= 15 is 0 Å². The van der Waals surface area contributed by atoms with Crippen LogP contribution in [-0.2, 0) is 6.42 Å². The molecule has 1 nitrogen and oxygen atoms in total. The first-order chi connectivity index (χ1) is 8.27. The van der Waals surface area contributed by atoms with Gasteiger partial charge >= 0.3 is 0 Å². The van der Waals surface area contributed by atoms with Gasteiger partial charge in [-0.1, -0.05) is 66.2 Å². The molecule has 0 aliphatic heterocycles. The molecule has 0 heterocycles. The third-order valence-electron chi connectivity index (χ3n) is 2.95. The molecule has 0 aliphatic carbocycles. The second-order valence-electron chi connectivity index (χ2n) is 4.51. The molecule has 0 bridgehead atoms. The van der Waals surface area contributed by atoms with Crippen LogP contribution >= 0.6 is 0 Å². The van der Waals surface area contributed by atoms with Crippen molar-refractivity contribution in [3.63, 3.8) is 0 Å². The number of benzene rings is 2. The zero-order valence-corrected chi connectivity index (χ0v) is 13.4. The number of hydrogen-bond donors (Lipinski definition) is 1. The number of quaternary nitrogens is 1. The molecule has 102 valence electrons. The molecule has 0 saturated heterocycles. The molecule has 19 heavy (non-hydrogen) atoms. The number of hydrogen-bond acceptors (Lipinski definition) is 0. The average molecular weight is 320 g/mol. The Morgan fingerprint density at radius 3 is 1.74 bits per heavy atom. The van der Waals surface area contributed by atoms with Crippen LogP contribution in [0.1, 0.15) is 25.0 Å². The zero-order valence-electron chi connectivity index (χ0n) is 11.9. The van der Waals surface area contributed by atoms with Crippen LogP contribution in [0, 0.1) is 0 Å². The molecule has 0 amide bonds. The topological polar surface area (TPSA) is 36.5 Å². The minimum Gasteiger partial charge on any atom is -1.00 e. The molecule has 2 rings (SSSR count). The van der Waals surface area contributed by atoms with Gasteiger partial charge in [0.2, 0.25) is 0 Å². The highest BCUT2D eigenvalue weighted by atomic mass is 79.9. The second-order valence-corrected chi connectivity index (χ2v) is 4.51. The summed E-state index contributed by atoms with van der Waals surface area (Å²) in [5, 5.41) is 0. The fourth-order valence-corrected chi connectivity index (χ4v) is 2.01. The maximum Gasteiger partial charge on any atom is -0.00205 e. The monoisotopic (exact) mass is 319 g/mol. The van der Waals surface area contributed by atoms with Crippen molar-refractivity contribution >= 4 is 5.57 Å². The molecule has 2 aromatic carbocycles. The largest absolute Gasteiger partial charge is 1.00 e. The van der Waals surface area contributed by atoms with Crippen LogP contribution in [0.15, 0.2) is 66.2 Å². The summed E-state index contributed by atoms with van der Waals surface area (Å²) in [5.74, 6) is 0. The highest BCUT2D eigenvalue weighted by Gasteiger charge is 2.04. The highest BCUT2D eigenvalue weighted by Crippen LogP contribution is 2.22. The minimum atomic E-state index is 0. The van der Waals surface area contributed by atoms with Gasteiger partial charge in [0.25, 0.3) is 0 Å². The molecule has 2 aromatic rings. The predicted octanol–water partition coefficient (Wildman–Crippen LogP) is 2.10. The van der Waals surface area contributed by atoms with E-state index in [9.17, 15) is 0 Å². The number of allylic oxidation sites excluding steroid dienone is 2. The van der Waals surface area contributed by atoms with Gasteiger partial charge in [-0.15, -0.1) is 0 Å². The van der Waals surface area contributed by atoms with Crippen molar-refractivity contribution in [3.05, 3.63) is 77.4 Å². The van der Waals surface area contributed by atoms with Gasteiger partial charge in [-0.2, -0.15) is 0 Å². The Bertz CT molecular complexity index is 499. The summed E-state index contributed by atoms with van der Waals surface area (Å²) in [6.07, 6.45) is 1.01. The van der Waals surface area contributed by atoms with Crippen molar-refractivity contribution in [2.45, 2.75) is 20.3 Å². The molecule has 4 N–H and O–H groups in total. The molecular formula is C17H22BrN. The average Bonchev–Trinajstić information content (AvgIpc) is 2.38. The van der Waals surface area contributed by atoms with Gasteiger partial charge in [0.05, 0.1) is 0 Å². The summed E-state index contributed by atoms with van der Waals surface area (Å²) in [5.41, 5.74) is 5.51. The lowest BCUT2D eigenvalue weighted by molar-refractivity contribution is -0.00000401. The lowest BCUT2D eigenvalue weighted by atomic mass is 9.95. The van der Waals surface area contributed by atoms with Gasteiger partial charge in [0.15, 0.2) is 0 Å². The first kappa shape index (κ1) is 17.6. The Kier molecular flexibility index (Phi) is 8.05. The van der Waals surface area contributed by atoms with Gasteiger partial charge in [0.1, 0.15) is 0 Å². The quantitative estimate of drug-likeness (QED) is 0.899. The third-order valence-corrected chi connectivity index (χ3v) is 2.95. The SMILES string of the molecule is CC(C)=C(Cc1ccccc1)c1ccccc1.[Br-].[NH4+]. The lowest BCUT2D eigenvalue weighted by Gasteiger charge is -2.10. The third kappa shape index (κ3) is 5.01. The summed E-state index contributed by atoms with van der Waals surface area (Å²) in [4.78, 5) is 0. The van der Waals surface area contributed by atoms with Crippen LogP contribution in [-0.4, -0.2) is 0 Å². The van der Waals surface area contributed by atoms with E-state index in [0.29, 0.717) is 0 Å². The highest BCUT2D eigenvalue weighted by molar-refractivity contribution is 5.69. The fraction of sp³-hybridized carbons (Fsp3) is 0.176. The Morgan fingerprint density at radius 2 is 1.26 bits per heavy atom. The van der Waals surface area contributed by atoms with E-state index in [-0.39, 0.29) is 23.1 Å². The Labute approximate surface area is 126 Å². The van der Waals surface area contributed by atoms with E-state index in [1.54, 1.807) is 0 Å². The summed E-state index contributed by atoms with van der Waals surface area (Å²) < 4.78 is 0. The van der Waals surface area contributed by atoms with Gasteiger partial charge in [-0.3, -0.25) is 0 Å². The summed E-state index contributed by atoms with van der Waals surface area (Å²) in [6.45, 7) is 4.37. The van der Waals surface area contributed by atoms with Crippen molar-refractivity contribution < 1.29 is 17.0 Å². The molecule has 0 saturated carbocycles. The van der Waals surface area contributed by atoms with E-state index in [2.05, 4.69) is 74.5 Å². The van der Waals surface area contributed by atoms with E-state index in [1.807, 2.05) is 0 Å². The Hall–Kier alpha value is -1.38. The van der Waals surface area contributed by atoms with Crippen molar-refractivity contribution in [1.82, 2.24) is 6.15 Å². The molecule has 0 unspecified atom stereocenters. The molecule has 0 radical (unpaired) electrons. The van der Waals surface area contributed by atoms with Crippen LogP contribution in [0.2, 0.25) is 0 Å². The molecule has 0 spiro atoms. The summed E-state index contributed by atoms with van der Waals surface area (Å²) in [6, 6.07) is 21.3. The van der Waals surface area contributed by atoms with Gasteiger partial charge < -0.3 is 23.1 Å². The smallest absolute Gasteiger partial charge is 0.00205 e. The van der Waals surface area contributed by atoms with E-state index in [1.165, 1.54) is 22.3 Å². The molecule has 2 heteroatoms. The maximum absolute atomic E-state index is 2.19. The fourth-order valence-electron chi connectivity index (χ4n) is 2.01. The van der Waals surface area contributed by atoms with E-state index in [4.69, 9.17) is 0 Å². The van der Waals surface area contributed by atoms with Gasteiger partial charge in [-0.05, 0) is 37.0 Å². The maximum atomic E-state index is 2.19. The van der Waals surface area contributed by atoms with Crippen molar-refractivity contribution in [2.75, 3.05) is 0 Å². The summed E-state index contributed by atoms with van der Waals surface area (Å²) in [7, 11) is 0. The van der Waals surface area contributed by atoms with Crippen LogP contribution in [0.3, 0.4) is 0 Å². The van der Waals surface area contributed by atoms with Crippen molar-refractivity contribution in [2.24, 2.45) is 0 Å². The molecule has 0 aromatic heterocycles. The van der Waals surface area contributed by atoms with Crippen LogP contribution in [0.4, 0.5) is 0 Å². The van der Waals surface area contributed by atoms with Crippen LogP contribution < -0.4 is 23.1 Å². The molecular weight excluding hydrogens is 298 g/mol. The van der Waals surface area contributed by atoms with Gasteiger partial charge in [0, 0.05) is 0 Å². The standard InChI is InChI=1S/C17H18.BrH.H3N/c1-14(2)17(16-11-7-4-8-12-16)13-15-9-5-3-6-10-15;;/h3-12H,13H2,1-2H3;1H;1H3. The number of rotatable bonds is 3. The Balaban J connectivity index is 0.00000162. The minimum absolute atomic E-state index is 0. The first-order valence-electron chi connectivity index (χ1n) is 6.03. The van der Waals surface area contributed by atoms with Crippen molar-refractivity contribution in [1.29, 1.82) is 0 Å². The number of halogens is 1. The normalized spacial score (nSPS) is 8.95. The predicted molar refractivity (Wildman–Crippen MR) is 80.8 cm³/mol. The second kappa shape index (κ2) is 8.68. The van der Waals surface area contributed by atoms with Crippen LogP contribution in [0.25, 0.3) is 5.57 Å². The van der Waals surface area contributed by atoms with E-state index < -0.39 is 0 Å². The van der Waals surface area contributed by atoms with Crippen molar-refractivity contribution in [3.8, 4) is 0 Å².